The molecule has 0 spiro atoms. The predicted molar refractivity (Wildman–Crippen MR) is 82.7 cm³/mol. The van der Waals surface area contributed by atoms with Gasteiger partial charge >= 0.3 is 0 Å². The van der Waals surface area contributed by atoms with E-state index in [9.17, 15) is 10.1 Å². The van der Waals surface area contributed by atoms with Gasteiger partial charge in [-0.3, -0.25) is 10.1 Å². The Balaban J connectivity index is 2.05. The molecule has 3 aromatic rings. The largest absolute Gasteiger partial charge is 0.396 e. The first kappa shape index (κ1) is 13.3. The molecule has 1 aromatic carbocycles. The maximum Gasteiger partial charge on any atom is 0.271 e. The lowest BCUT2D eigenvalue weighted by molar-refractivity contribution is -0.384. The van der Waals surface area contributed by atoms with E-state index in [0.29, 0.717) is 17.1 Å². The molecule has 6 nitrogen and oxygen atoms in total. The minimum atomic E-state index is -0.431. The van der Waals surface area contributed by atoms with Crippen LogP contribution < -0.4 is 5.73 Å². The van der Waals surface area contributed by atoms with Crippen LogP contribution in [0.5, 0.6) is 0 Å². The van der Waals surface area contributed by atoms with Crippen molar-refractivity contribution in [2.75, 3.05) is 5.73 Å². The van der Waals surface area contributed by atoms with E-state index < -0.39 is 4.92 Å². The summed E-state index contributed by atoms with van der Waals surface area (Å²) < 4.78 is 1.56. The fourth-order valence-electron chi connectivity index (χ4n) is 2.02. The van der Waals surface area contributed by atoms with Crippen LogP contribution in [0, 0.1) is 17.0 Å². The SMILES string of the molecule is Cc1ccc(-c2nn(-c3cccc([N+](=O)[O-])c3)cc2N)s1. The second-order valence-corrected chi connectivity index (χ2v) is 5.85. The summed E-state index contributed by atoms with van der Waals surface area (Å²) in [5, 5.41) is 15.3. The van der Waals surface area contributed by atoms with E-state index in [1.807, 2.05) is 19.1 Å². The average molecular weight is 300 g/mol. The van der Waals surface area contributed by atoms with Gasteiger partial charge in [0.15, 0.2) is 0 Å². The number of non-ortho nitro benzene ring substituents is 1. The number of anilines is 1. The second-order valence-electron chi connectivity index (χ2n) is 4.56. The molecule has 0 aliphatic heterocycles. The molecule has 0 bridgehead atoms. The van der Waals surface area contributed by atoms with E-state index in [1.54, 1.807) is 34.3 Å². The van der Waals surface area contributed by atoms with Crippen LogP contribution in [0.1, 0.15) is 4.88 Å². The van der Waals surface area contributed by atoms with Crippen molar-refractivity contribution in [2.24, 2.45) is 0 Å². The van der Waals surface area contributed by atoms with Crippen LogP contribution in [-0.4, -0.2) is 14.7 Å². The second kappa shape index (κ2) is 5.02. The molecule has 0 aliphatic carbocycles. The maximum atomic E-state index is 10.8. The molecule has 3 rings (SSSR count). The van der Waals surface area contributed by atoms with Crippen molar-refractivity contribution < 1.29 is 4.92 Å². The highest BCUT2D eigenvalue weighted by atomic mass is 32.1. The summed E-state index contributed by atoms with van der Waals surface area (Å²) in [5.41, 5.74) is 7.88. The summed E-state index contributed by atoms with van der Waals surface area (Å²) in [5.74, 6) is 0. The Labute approximate surface area is 124 Å². The topological polar surface area (TPSA) is 87.0 Å². The molecule has 0 fully saturated rings. The number of nitro groups is 1. The lowest BCUT2D eigenvalue weighted by Gasteiger charge is -2.00. The molecule has 7 heteroatoms. The molecule has 2 N–H and O–H groups in total. The third-order valence-corrected chi connectivity index (χ3v) is 4.03. The van der Waals surface area contributed by atoms with E-state index in [-0.39, 0.29) is 5.69 Å². The summed E-state index contributed by atoms with van der Waals surface area (Å²) in [4.78, 5) is 12.6. The zero-order valence-corrected chi connectivity index (χ0v) is 12.0. The number of hydrogen-bond acceptors (Lipinski definition) is 5. The summed E-state index contributed by atoms with van der Waals surface area (Å²) >= 11 is 1.61. The highest BCUT2D eigenvalue weighted by Gasteiger charge is 2.13. The van der Waals surface area contributed by atoms with Crippen LogP contribution in [0.4, 0.5) is 11.4 Å². The Morgan fingerprint density at radius 1 is 1.33 bits per heavy atom. The summed E-state index contributed by atoms with van der Waals surface area (Å²) in [6, 6.07) is 10.3. The van der Waals surface area contributed by atoms with Gasteiger partial charge in [0.05, 0.1) is 27.4 Å². The van der Waals surface area contributed by atoms with Gasteiger partial charge in [0, 0.05) is 17.0 Å². The Morgan fingerprint density at radius 3 is 2.81 bits per heavy atom. The van der Waals surface area contributed by atoms with E-state index in [2.05, 4.69) is 5.10 Å². The molecule has 2 heterocycles. The number of nitrogens with zero attached hydrogens (tertiary/aromatic N) is 3. The van der Waals surface area contributed by atoms with Gasteiger partial charge in [0.25, 0.3) is 5.69 Å². The van der Waals surface area contributed by atoms with Crippen LogP contribution in [-0.2, 0) is 0 Å². The van der Waals surface area contributed by atoms with Crippen LogP contribution in [0.25, 0.3) is 16.3 Å². The number of thiophene rings is 1. The lowest BCUT2D eigenvalue weighted by Crippen LogP contribution is -1.96. The van der Waals surface area contributed by atoms with E-state index in [4.69, 9.17) is 5.73 Å². The molecule has 2 aromatic heterocycles. The van der Waals surface area contributed by atoms with Gasteiger partial charge in [-0.1, -0.05) is 6.07 Å². The van der Waals surface area contributed by atoms with Gasteiger partial charge in [0.2, 0.25) is 0 Å². The molecule has 0 atom stereocenters. The van der Waals surface area contributed by atoms with Crippen molar-refractivity contribution in [3.8, 4) is 16.3 Å². The van der Waals surface area contributed by atoms with Crippen LogP contribution in [0.2, 0.25) is 0 Å². The third-order valence-electron chi connectivity index (χ3n) is 3.02. The molecule has 106 valence electrons. The van der Waals surface area contributed by atoms with Crippen molar-refractivity contribution in [2.45, 2.75) is 6.92 Å². The van der Waals surface area contributed by atoms with Gasteiger partial charge in [0.1, 0.15) is 5.69 Å². The van der Waals surface area contributed by atoms with Gasteiger partial charge < -0.3 is 5.73 Å². The number of nitro benzene ring substituents is 1. The number of aromatic nitrogens is 2. The molecule has 0 saturated heterocycles. The maximum absolute atomic E-state index is 10.8. The van der Waals surface area contributed by atoms with Gasteiger partial charge in [-0.05, 0) is 25.1 Å². The number of nitrogens with two attached hydrogens (primary N) is 1. The third kappa shape index (κ3) is 2.50. The van der Waals surface area contributed by atoms with Crippen molar-refractivity contribution in [3.05, 3.63) is 57.6 Å². The van der Waals surface area contributed by atoms with Crippen molar-refractivity contribution in [1.82, 2.24) is 9.78 Å². The Morgan fingerprint density at radius 2 is 2.14 bits per heavy atom. The van der Waals surface area contributed by atoms with Gasteiger partial charge in [-0.25, -0.2) is 4.68 Å². The molecule has 0 saturated carbocycles. The highest BCUT2D eigenvalue weighted by Crippen LogP contribution is 2.31. The Bertz CT molecular complexity index is 822. The number of benzene rings is 1. The number of aryl methyl sites for hydroxylation is 1. The zero-order chi connectivity index (χ0) is 15.0. The smallest absolute Gasteiger partial charge is 0.271 e. The molecule has 0 unspecified atom stereocenters. The first-order valence-electron chi connectivity index (χ1n) is 6.21. The first-order chi connectivity index (χ1) is 10.0. The normalized spacial score (nSPS) is 10.7. The van der Waals surface area contributed by atoms with Crippen LogP contribution >= 0.6 is 11.3 Å². The van der Waals surface area contributed by atoms with Crippen molar-refractivity contribution in [1.29, 1.82) is 0 Å². The fourth-order valence-corrected chi connectivity index (χ4v) is 2.90. The predicted octanol–water partition coefficient (Wildman–Crippen LogP) is 3.40. The standard InChI is InChI=1S/C14H12N4O2S/c1-9-5-6-13(21-9)14-12(15)8-17(16-14)10-3-2-4-11(7-10)18(19)20/h2-8H,15H2,1H3. The van der Waals surface area contributed by atoms with Gasteiger partial charge in [-0.2, -0.15) is 5.10 Å². The monoisotopic (exact) mass is 300 g/mol. The first-order valence-corrected chi connectivity index (χ1v) is 7.03. The molecule has 21 heavy (non-hydrogen) atoms. The van der Waals surface area contributed by atoms with Crippen molar-refractivity contribution >= 4 is 22.7 Å². The molecule has 0 aliphatic rings. The fraction of sp³-hybridized carbons (Fsp3) is 0.0714. The minimum absolute atomic E-state index is 0.0232. The summed E-state index contributed by atoms with van der Waals surface area (Å²) in [6.07, 6.45) is 1.67. The van der Waals surface area contributed by atoms with E-state index in [0.717, 1.165) is 4.88 Å². The van der Waals surface area contributed by atoms with Crippen LogP contribution in [0.15, 0.2) is 42.6 Å². The average Bonchev–Trinajstić information content (AvgIpc) is 3.05. The minimum Gasteiger partial charge on any atom is -0.396 e. The lowest BCUT2D eigenvalue weighted by atomic mass is 10.3. The molecular formula is C14H12N4O2S. The summed E-state index contributed by atoms with van der Waals surface area (Å²) in [6.45, 7) is 2.02. The summed E-state index contributed by atoms with van der Waals surface area (Å²) in [7, 11) is 0. The zero-order valence-electron chi connectivity index (χ0n) is 11.2. The van der Waals surface area contributed by atoms with E-state index in [1.165, 1.54) is 17.0 Å². The van der Waals surface area contributed by atoms with E-state index >= 15 is 0 Å². The number of nitrogen functional groups attached to an aromatic ring is 1. The van der Waals surface area contributed by atoms with Gasteiger partial charge in [-0.15, -0.1) is 11.3 Å². The quantitative estimate of drug-likeness (QED) is 0.593. The Kier molecular flexibility index (Phi) is 3.19. The number of hydrogen-bond donors (Lipinski definition) is 1. The van der Waals surface area contributed by atoms with Crippen LogP contribution in [0.3, 0.4) is 0 Å². The molecule has 0 radical (unpaired) electrons. The Hall–Kier alpha value is -2.67. The highest BCUT2D eigenvalue weighted by molar-refractivity contribution is 7.15. The van der Waals surface area contributed by atoms with Crippen molar-refractivity contribution in [3.63, 3.8) is 0 Å². The molecule has 0 amide bonds. The number of rotatable bonds is 3. The molecular weight excluding hydrogens is 288 g/mol.